The third kappa shape index (κ3) is 4.38. The van der Waals surface area contributed by atoms with Crippen molar-refractivity contribution in [3.63, 3.8) is 0 Å². The fourth-order valence-corrected chi connectivity index (χ4v) is 6.93. The molecule has 6 rings (SSSR count). The summed E-state index contributed by atoms with van der Waals surface area (Å²) in [4.78, 5) is 59.4. The van der Waals surface area contributed by atoms with Crippen LogP contribution in [0.25, 0.3) is 22.1 Å². The number of ketones is 1. The Hall–Kier alpha value is -3.35. The number of carbonyl (C=O) groups excluding carboxylic acids is 3. The number of esters is 1. The molecule has 4 aromatic rings. The van der Waals surface area contributed by atoms with E-state index in [2.05, 4.69) is 24.8 Å². The van der Waals surface area contributed by atoms with Crippen LogP contribution in [-0.4, -0.2) is 97.2 Å². The minimum absolute atomic E-state index is 0.0351. The van der Waals surface area contributed by atoms with E-state index in [1.807, 2.05) is 55.6 Å². The predicted octanol–water partition coefficient (Wildman–Crippen LogP) is 2.33. The first-order valence-corrected chi connectivity index (χ1v) is 13.7. The molecule has 2 aromatic heterocycles. The highest BCUT2D eigenvalue weighted by Gasteiger charge is 2.62. The second kappa shape index (κ2) is 9.51. The lowest BCUT2D eigenvalue weighted by molar-refractivity contribution is -0.163. The number of aromatic nitrogens is 4. The number of benzene rings is 2. The summed E-state index contributed by atoms with van der Waals surface area (Å²) in [5.74, 6) is -2.07. The summed E-state index contributed by atoms with van der Waals surface area (Å²) in [5, 5.41) is -0.0682. The quantitative estimate of drug-likeness (QED) is 0.217. The number of H-pyrrole nitrogens is 2. The second-order valence-electron chi connectivity index (χ2n) is 9.14. The van der Waals surface area contributed by atoms with E-state index in [-0.39, 0.29) is 11.7 Å². The van der Waals surface area contributed by atoms with E-state index in [0.717, 1.165) is 33.8 Å². The summed E-state index contributed by atoms with van der Waals surface area (Å²) >= 11 is 2.33. The Morgan fingerprint density at radius 2 is 1.57 bits per heavy atom. The number of ether oxygens (including phenoxy) is 1. The normalized spacial score (nSPS) is 22.7. The van der Waals surface area contributed by atoms with Gasteiger partial charge in [-0.1, -0.05) is 47.8 Å². The van der Waals surface area contributed by atoms with E-state index >= 15 is 0 Å². The van der Waals surface area contributed by atoms with Crippen molar-refractivity contribution in [3.8, 4) is 0 Å². The van der Waals surface area contributed by atoms with Crippen LogP contribution in [0.5, 0.6) is 0 Å². The van der Waals surface area contributed by atoms with Crippen LogP contribution in [0.15, 0.2) is 58.8 Å². The third-order valence-corrected chi connectivity index (χ3v) is 8.97. The molecular formula is C25H24N6O4S2. The molecule has 0 radical (unpaired) electrons. The molecule has 37 heavy (non-hydrogen) atoms. The van der Waals surface area contributed by atoms with E-state index < -0.39 is 22.6 Å². The highest BCUT2D eigenvalue weighted by Crippen LogP contribution is 2.42. The van der Waals surface area contributed by atoms with Crippen molar-refractivity contribution in [2.24, 2.45) is 0 Å². The molecule has 2 atom stereocenters. The molecule has 0 spiro atoms. The molecule has 1 amide bonds. The number of amides is 1. The van der Waals surface area contributed by atoms with Crippen molar-refractivity contribution in [2.45, 2.75) is 21.2 Å². The molecule has 2 unspecified atom stereocenters. The zero-order valence-corrected chi connectivity index (χ0v) is 21.6. The van der Waals surface area contributed by atoms with Gasteiger partial charge >= 0.3 is 5.97 Å². The number of hydrogen-bond donors (Lipinski definition) is 2. The smallest absolute Gasteiger partial charge is 0.377 e. The van der Waals surface area contributed by atoms with E-state index in [1.54, 1.807) is 4.90 Å². The molecule has 2 aliphatic heterocycles. The topological polar surface area (TPSA) is 124 Å². The molecule has 0 aliphatic carbocycles. The number of aromatic amines is 2. The molecular weight excluding hydrogens is 512 g/mol. The molecule has 2 aromatic carbocycles. The van der Waals surface area contributed by atoms with Crippen molar-refractivity contribution in [3.05, 3.63) is 48.5 Å². The first-order chi connectivity index (χ1) is 17.9. The lowest BCUT2D eigenvalue weighted by Crippen LogP contribution is -2.60. The van der Waals surface area contributed by atoms with Gasteiger partial charge in [-0.3, -0.25) is 9.59 Å². The first kappa shape index (κ1) is 24.0. The molecule has 2 fully saturated rings. The molecule has 0 saturated carbocycles. The predicted molar refractivity (Wildman–Crippen MR) is 140 cm³/mol. The number of nitrogens with one attached hydrogen (secondary N) is 2. The Kier molecular flexibility index (Phi) is 6.17. The van der Waals surface area contributed by atoms with Gasteiger partial charge in [0.2, 0.25) is 5.60 Å². The molecule has 2 N–H and O–H groups in total. The first-order valence-electron chi connectivity index (χ1n) is 11.9. The Balaban J connectivity index is 1.35. The number of para-hydroxylation sites is 4. The van der Waals surface area contributed by atoms with Crippen LogP contribution in [0.3, 0.4) is 0 Å². The maximum absolute atomic E-state index is 14.1. The van der Waals surface area contributed by atoms with Crippen molar-refractivity contribution < 1.29 is 19.1 Å². The molecule has 4 heterocycles. The zero-order valence-electron chi connectivity index (χ0n) is 20.0. The third-order valence-electron chi connectivity index (χ3n) is 6.68. The zero-order chi connectivity index (χ0) is 25.6. The van der Waals surface area contributed by atoms with Crippen LogP contribution in [0, 0.1) is 0 Å². The van der Waals surface area contributed by atoms with Gasteiger partial charge in [0.1, 0.15) is 5.25 Å². The number of imidazole rings is 2. The van der Waals surface area contributed by atoms with Crippen LogP contribution in [0.4, 0.5) is 0 Å². The highest BCUT2D eigenvalue weighted by atomic mass is 32.2. The molecule has 12 heteroatoms. The van der Waals surface area contributed by atoms with Gasteiger partial charge < -0.3 is 24.5 Å². The summed E-state index contributed by atoms with van der Waals surface area (Å²) in [7, 11) is 1.99. The van der Waals surface area contributed by atoms with Gasteiger partial charge in [-0.25, -0.2) is 14.8 Å². The van der Waals surface area contributed by atoms with Crippen molar-refractivity contribution in [1.29, 1.82) is 0 Å². The standard InChI is InChI=1S/C25H24N6O4S2/c1-30-10-12-31(13-11-30)22(34)25(14-36-23-26-15-6-2-3-7-16(15)27-23)20(19(32)21(33)35-25)37-24-28-17-8-4-5-9-18(17)29-24/h2-9,20H,10-14H2,1H3,(H,26,27)(H,28,29). The van der Waals surface area contributed by atoms with Gasteiger partial charge in [-0.05, 0) is 31.3 Å². The number of Topliss-reactive ketones (excluding diaryl/α,β-unsaturated/α-hetero) is 1. The van der Waals surface area contributed by atoms with E-state index in [0.29, 0.717) is 36.5 Å². The number of thioether (sulfide) groups is 2. The van der Waals surface area contributed by atoms with Crippen molar-refractivity contribution in [2.75, 3.05) is 39.0 Å². The molecule has 2 aliphatic rings. The van der Waals surface area contributed by atoms with Gasteiger partial charge in [-0.15, -0.1) is 0 Å². The molecule has 10 nitrogen and oxygen atoms in total. The van der Waals surface area contributed by atoms with Crippen LogP contribution < -0.4 is 0 Å². The van der Waals surface area contributed by atoms with Gasteiger partial charge in [0, 0.05) is 26.2 Å². The fraction of sp³-hybridized carbons (Fsp3) is 0.320. The maximum Gasteiger partial charge on any atom is 0.377 e. The SMILES string of the molecule is CN1CCN(C(=O)C2(CSc3nc4ccccc4[nH]3)OC(=O)C(=O)C2Sc2nc3ccccc3[nH]2)CC1. The average Bonchev–Trinajstić information content (AvgIpc) is 3.58. The Bertz CT molecular complexity index is 1450. The van der Waals surface area contributed by atoms with Crippen LogP contribution in [0.1, 0.15) is 0 Å². The van der Waals surface area contributed by atoms with Gasteiger partial charge in [0.05, 0.1) is 27.8 Å². The summed E-state index contributed by atoms with van der Waals surface area (Å²) < 4.78 is 5.74. The minimum Gasteiger partial charge on any atom is -0.440 e. The van der Waals surface area contributed by atoms with Crippen LogP contribution >= 0.6 is 23.5 Å². The number of carbonyl (C=O) groups is 3. The fourth-order valence-electron chi connectivity index (χ4n) is 4.61. The van der Waals surface area contributed by atoms with Crippen molar-refractivity contribution in [1.82, 2.24) is 29.7 Å². The number of fused-ring (bicyclic) bond motifs is 2. The average molecular weight is 537 g/mol. The largest absolute Gasteiger partial charge is 0.440 e. The Morgan fingerprint density at radius 1 is 0.973 bits per heavy atom. The van der Waals surface area contributed by atoms with E-state index in [4.69, 9.17) is 4.74 Å². The van der Waals surface area contributed by atoms with Crippen LogP contribution in [-0.2, 0) is 19.1 Å². The number of piperazine rings is 1. The Labute approximate surface area is 220 Å². The summed E-state index contributed by atoms with van der Waals surface area (Å²) in [5.41, 5.74) is 1.48. The van der Waals surface area contributed by atoms with Gasteiger partial charge in [0.25, 0.3) is 11.7 Å². The number of rotatable bonds is 6. The molecule has 0 bridgehead atoms. The lowest BCUT2D eigenvalue weighted by atomic mass is 9.98. The minimum atomic E-state index is -1.70. The summed E-state index contributed by atoms with van der Waals surface area (Å²) in [6.45, 7) is 2.37. The Morgan fingerprint density at radius 3 is 2.22 bits per heavy atom. The number of hydrogen-bond acceptors (Lipinski definition) is 9. The van der Waals surface area contributed by atoms with Crippen molar-refractivity contribution >= 4 is 63.3 Å². The molecule has 2 saturated heterocycles. The van der Waals surface area contributed by atoms with Crippen LogP contribution in [0.2, 0.25) is 0 Å². The van der Waals surface area contributed by atoms with Gasteiger partial charge in [-0.2, -0.15) is 0 Å². The van der Waals surface area contributed by atoms with E-state index in [9.17, 15) is 14.4 Å². The summed E-state index contributed by atoms with van der Waals surface area (Å²) in [6, 6.07) is 15.1. The summed E-state index contributed by atoms with van der Waals surface area (Å²) in [6.07, 6.45) is 0. The van der Waals surface area contributed by atoms with Gasteiger partial charge in [0.15, 0.2) is 10.3 Å². The maximum atomic E-state index is 14.1. The molecule has 190 valence electrons. The van der Waals surface area contributed by atoms with E-state index in [1.165, 1.54) is 11.8 Å². The number of cyclic esters (lactones) is 1. The highest BCUT2D eigenvalue weighted by molar-refractivity contribution is 8.01. The number of nitrogens with zero attached hydrogens (tertiary/aromatic N) is 4. The number of likely N-dealkylation sites (N-methyl/N-ethyl adjacent to an activating group) is 1. The lowest BCUT2D eigenvalue weighted by Gasteiger charge is -2.39. The monoisotopic (exact) mass is 536 g/mol. The second-order valence-corrected chi connectivity index (χ2v) is 11.2.